The minimum absolute atomic E-state index is 0. The van der Waals surface area contributed by atoms with Gasteiger partial charge < -0.3 is 9.84 Å². The number of aliphatic carboxylic acids is 1. The van der Waals surface area contributed by atoms with Gasteiger partial charge in [-0.1, -0.05) is 54.1 Å². The van der Waals surface area contributed by atoms with Gasteiger partial charge in [-0.15, -0.1) is 24.8 Å². The van der Waals surface area contributed by atoms with Crippen LogP contribution < -0.4 is 0 Å². The maximum atomic E-state index is 10.7. The van der Waals surface area contributed by atoms with E-state index in [0.717, 1.165) is 11.1 Å². The van der Waals surface area contributed by atoms with Crippen LogP contribution in [0, 0.1) is 0 Å². The monoisotopic (exact) mass is 464 g/mol. The van der Waals surface area contributed by atoms with Crippen molar-refractivity contribution in [2.45, 2.75) is 6.04 Å². The topological polar surface area (TPSA) is 53.0 Å². The lowest BCUT2D eigenvalue weighted by Gasteiger charge is -2.39. The zero-order chi connectivity index (χ0) is 22.6. The maximum absolute atomic E-state index is 10.7. The van der Waals surface area contributed by atoms with Crippen molar-refractivity contribution in [2.75, 3.05) is 45.8 Å². The first-order valence-electron chi connectivity index (χ1n) is 10.8. The third kappa shape index (κ3) is 7.78. The average molecular weight is 466 g/mol. The van der Waals surface area contributed by atoms with Crippen LogP contribution in [-0.2, 0) is 9.53 Å². The zero-order valence-electron chi connectivity index (χ0n) is 19.7. The summed E-state index contributed by atoms with van der Waals surface area (Å²) in [6.07, 6.45) is 0. The van der Waals surface area contributed by atoms with Crippen LogP contribution in [-0.4, -0.2) is 66.7 Å². The van der Waals surface area contributed by atoms with Gasteiger partial charge in [0.05, 0.1) is 15.3 Å². The van der Waals surface area contributed by atoms with Crippen molar-refractivity contribution >= 4 is 42.4 Å². The molecule has 160 valence electrons. The molecule has 1 atom stereocenters. The molecule has 0 unspecified atom stereocenters. The largest absolute Gasteiger partial charge is 0.480 e. The van der Waals surface area contributed by atoms with Gasteiger partial charge in [0.2, 0.25) is 0 Å². The molecule has 0 amide bonds. The molecule has 0 spiro atoms. The van der Waals surface area contributed by atoms with E-state index in [1.165, 1.54) is 4.90 Å². The fourth-order valence-electron chi connectivity index (χ4n) is 3.18. The van der Waals surface area contributed by atoms with Crippen LogP contribution in [0.15, 0.2) is 54.6 Å². The number of hydrogen-bond acceptors (Lipinski definition) is 4. The summed E-state index contributed by atoms with van der Waals surface area (Å²) in [5, 5.41) is 9.39. The van der Waals surface area contributed by atoms with E-state index in [-0.39, 0.29) is 43.9 Å². The quantitative estimate of drug-likeness (QED) is 0.639. The van der Waals surface area contributed by atoms with E-state index in [2.05, 4.69) is 4.90 Å². The lowest BCUT2D eigenvalue weighted by Crippen LogP contribution is -2.48. The molecule has 1 aliphatic heterocycles. The molecular formula is C21H27Cl3N2O3. The minimum Gasteiger partial charge on any atom is -0.480 e. The summed E-state index contributed by atoms with van der Waals surface area (Å²) in [6, 6.07) is 17.6. The van der Waals surface area contributed by atoms with E-state index < -0.39 is 25.6 Å². The fraction of sp³-hybridized carbons (Fsp3) is 0.381. The molecule has 3 rings (SSSR count). The number of ether oxygens (including phenoxy) is 1. The number of carboxylic acid groups (broad SMARTS) is 1. The van der Waals surface area contributed by atoms with E-state index in [4.69, 9.17) is 26.9 Å². The molecular weight excluding hydrogens is 435 g/mol. The van der Waals surface area contributed by atoms with E-state index in [1.54, 1.807) is 0 Å². The van der Waals surface area contributed by atoms with E-state index in [0.29, 0.717) is 18.1 Å². The highest BCUT2D eigenvalue weighted by Crippen LogP contribution is 2.30. The van der Waals surface area contributed by atoms with Gasteiger partial charge in [-0.2, -0.15) is 0 Å². The highest BCUT2D eigenvalue weighted by atomic mass is 35.5. The Morgan fingerprint density at radius 3 is 2.21 bits per heavy atom. The molecule has 0 saturated carbocycles. The maximum Gasteiger partial charge on any atom is 0.329 e. The standard InChI is InChI=1S/C21H25ClN2O3.2ClH/c22-19-8-6-18(7-9-19)21(17-4-2-1-3-5-17)24-12-10-23(11-13-24)14-15-27-16-20(25)26;;/h1-9,21H,10-16H2,(H,25,26);2*1H/t21-;;/m0../s1/i14D2,15D2;;. The summed E-state index contributed by atoms with van der Waals surface area (Å²) in [4.78, 5) is 14.3. The van der Waals surface area contributed by atoms with Gasteiger partial charge in [0, 0.05) is 40.4 Å². The first-order chi connectivity index (χ1) is 14.6. The van der Waals surface area contributed by atoms with E-state index >= 15 is 0 Å². The van der Waals surface area contributed by atoms with Crippen molar-refractivity contribution in [3.63, 3.8) is 0 Å². The lowest BCUT2D eigenvalue weighted by atomic mass is 9.96. The molecule has 29 heavy (non-hydrogen) atoms. The summed E-state index contributed by atoms with van der Waals surface area (Å²) in [6.45, 7) is -4.62. The van der Waals surface area contributed by atoms with Crippen LogP contribution in [0.5, 0.6) is 0 Å². The van der Waals surface area contributed by atoms with Gasteiger partial charge in [0.25, 0.3) is 0 Å². The second kappa shape index (κ2) is 13.1. The van der Waals surface area contributed by atoms with Crippen molar-refractivity contribution in [3.05, 3.63) is 70.7 Å². The predicted molar refractivity (Wildman–Crippen MR) is 121 cm³/mol. The number of hydrogen-bond donors (Lipinski definition) is 1. The van der Waals surface area contributed by atoms with E-state index in [1.807, 2.05) is 54.6 Å². The molecule has 1 aliphatic rings. The normalized spacial score (nSPS) is 18.8. The Morgan fingerprint density at radius 2 is 1.62 bits per heavy atom. The summed E-state index contributed by atoms with van der Waals surface area (Å²) in [7, 11) is 0. The van der Waals surface area contributed by atoms with Gasteiger partial charge in [-0.25, -0.2) is 4.79 Å². The third-order valence-electron chi connectivity index (χ3n) is 4.45. The molecule has 2 aromatic carbocycles. The fourth-order valence-corrected chi connectivity index (χ4v) is 3.31. The number of halogens is 3. The number of piperazine rings is 1. The van der Waals surface area contributed by atoms with Gasteiger partial charge in [-0.3, -0.25) is 9.80 Å². The minimum atomic E-state index is -2.76. The number of carboxylic acids is 1. The molecule has 2 aromatic rings. The predicted octanol–water partition coefficient (Wildman–Crippen LogP) is 3.99. The summed E-state index contributed by atoms with van der Waals surface area (Å²) >= 11 is 6.06. The van der Waals surface area contributed by atoms with Crippen molar-refractivity contribution in [2.24, 2.45) is 0 Å². The number of rotatable bonds is 8. The molecule has 0 aromatic heterocycles. The van der Waals surface area contributed by atoms with Crippen LogP contribution in [0.3, 0.4) is 0 Å². The number of benzene rings is 2. The molecule has 0 radical (unpaired) electrons. The molecule has 1 fully saturated rings. The zero-order valence-corrected chi connectivity index (χ0v) is 18.1. The van der Waals surface area contributed by atoms with Gasteiger partial charge in [-0.05, 0) is 23.3 Å². The molecule has 1 heterocycles. The molecule has 0 bridgehead atoms. The Balaban J connectivity index is 0.00000272. The second-order valence-electron chi connectivity index (χ2n) is 6.28. The van der Waals surface area contributed by atoms with E-state index in [9.17, 15) is 4.79 Å². The first-order valence-corrected chi connectivity index (χ1v) is 9.15. The smallest absolute Gasteiger partial charge is 0.329 e. The Hall–Kier alpha value is -1.34. The van der Waals surface area contributed by atoms with Crippen molar-refractivity contribution in [3.8, 4) is 0 Å². The third-order valence-corrected chi connectivity index (χ3v) is 4.70. The van der Waals surface area contributed by atoms with Crippen molar-refractivity contribution in [1.82, 2.24) is 9.80 Å². The van der Waals surface area contributed by atoms with Gasteiger partial charge in [0.1, 0.15) is 6.61 Å². The van der Waals surface area contributed by atoms with Crippen LogP contribution in [0.4, 0.5) is 0 Å². The highest BCUT2D eigenvalue weighted by Gasteiger charge is 2.26. The molecule has 1 saturated heterocycles. The molecule has 0 aliphatic carbocycles. The summed E-state index contributed by atoms with van der Waals surface area (Å²) in [5.74, 6) is -1.35. The molecule has 8 heteroatoms. The Kier molecular flexibility index (Phi) is 8.83. The first kappa shape index (κ1) is 19.6. The van der Waals surface area contributed by atoms with Gasteiger partial charge >= 0.3 is 5.97 Å². The second-order valence-corrected chi connectivity index (χ2v) is 6.72. The highest BCUT2D eigenvalue weighted by molar-refractivity contribution is 6.30. The van der Waals surface area contributed by atoms with Crippen molar-refractivity contribution in [1.29, 1.82) is 0 Å². The van der Waals surface area contributed by atoms with Crippen LogP contribution in [0.25, 0.3) is 0 Å². The van der Waals surface area contributed by atoms with Crippen LogP contribution in [0.1, 0.15) is 22.7 Å². The van der Waals surface area contributed by atoms with Gasteiger partial charge in [0.15, 0.2) is 0 Å². The van der Waals surface area contributed by atoms with Crippen molar-refractivity contribution < 1.29 is 20.1 Å². The summed E-state index contributed by atoms with van der Waals surface area (Å²) in [5.41, 5.74) is 2.16. The average Bonchev–Trinajstić information content (AvgIpc) is 2.75. The molecule has 5 nitrogen and oxygen atoms in total. The number of carbonyl (C=O) groups is 1. The van der Waals surface area contributed by atoms with Crippen LogP contribution >= 0.6 is 36.4 Å². The molecule has 1 N–H and O–H groups in total. The lowest BCUT2D eigenvalue weighted by molar-refractivity contribution is -0.142. The van der Waals surface area contributed by atoms with Crippen LogP contribution in [0.2, 0.25) is 5.02 Å². The Labute approximate surface area is 195 Å². The Morgan fingerprint density at radius 1 is 1.03 bits per heavy atom. The summed E-state index contributed by atoms with van der Waals surface area (Å²) < 4.78 is 37.1. The number of nitrogens with zero attached hydrogens (tertiary/aromatic N) is 2. The Bertz CT molecular complexity index is 884. The SMILES string of the molecule is Cl.Cl.[2H]C([2H])(OCC(=O)O)C([2H])([2H])N1CCN([C@@H](c2ccccc2)c2ccc(Cl)cc2)CC1.